The molecule has 1 aromatic carbocycles. The Balaban J connectivity index is 1.87. The summed E-state index contributed by atoms with van der Waals surface area (Å²) in [6.45, 7) is 0. The second kappa shape index (κ2) is 5.89. The van der Waals surface area contributed by atoms with E-state index in [0.717, 1.165) is 4.57 Å². The summed E-state index contributed by atoms with van der Waals surface area (Å²) < 4.78 is 7.62. The van der Waals surface area contributed by atoms with Gasteiger partial charge in [0.05, 0.1) is 23.2 Å². The summed E-state index contributed by atoms with van der Waals surface area (Å²) in [5.74, 6) is -1.52. The number of fused-ring (bicyclic) bond motifs is 3. The SMILES string of the molecule is Cn1c2c(c(=O)n(C)c1=O)[C@@H](c1ccc([N+](=O)[O-])o1)C1=C(N2)c2ccccc2C1=O. The van der Waals surface area contributed by atoms with Gasteiger partial charge in [0.15, 0.2) is 5.78 Å². The number of Topliss-reactive ketones (excluding diaryl/α,β-unsaturated/α-hetero) is 1. The Bertz CT molecular complexity index is 1440. The summed E-state index contributed by atoms with van der Waals surface area (Å²) in [4.78, 5) is 49.3. The van der Waals surface area contributed by atoms with Crippen molar-refractivity contribution < 1.29 is 14.1 Å². The molecule has 0 amide bonds. The molecule has 0 fully saturated rings. The van der Waals surface area contributed by atoms with Crippen LogP contribution in [0.5, 0.6) is 0 Å². The van der Waals surface area contributed by atoms with Crippen LogP contribution in [-0.2, 0) is 14.1 Å². The van der Waals surface area contributed by atoms with Gasteiger partial charge in [0.1, 0.15) is 16.5 Å². The van der Waals surface area contributed by atoms with E-state index in [1.54, 1.807) is 24.3 Å². The molecule has 0 spiro atoms. The van der Waals surface area contributed by atoms with Crippen LogP contribution in [0.3, 0.4) is 0 Å². The predicted octanol–water partition coefficient (Wildman–Crippen LogP) is 1.75. The third kappa shape index (κ3) is 2.15. The molecule has 1 N–H and O–H groups in total. The average Bonchev–Trinajstić information content (AvgIpc) is 3.34. The van der Waals surface area contributed by atoms with E-state index < -0.39 is 28.0 Å². The first-order chi connectivity index (χ1) is 14.3. The van der Waals surface area contributed by atoms with Crippen LogP contribution in [0.1, 0.15) is 33.2 Å². The molecule has 1 aliphatic carbocycles. The number of hydrogen-bond acceptors (Lipinski definition) is 7. The lowest BCUT2D eigenvalue weighted by molar-refractivity contribution is -0.402. The Morgan fingerprint density at radius 1 is 1.03 bits per heavy atom. The maximum atomic E-state index is 13.3. The normalized spacial score (nSPS) is 16.7. The van der Waals surface area contributed by atoms with E-state index in [0.29, 0.717) is 16.8 Å². The number of carbonyl (C=O) groups is 1. The van der Waals surface area contributed by atoms with Crippen molar-refractivity contribution in [2.75, 3.05) is 5.32 Å². The summed E-state index contributed by atoms with van der Waals surface area (Å²) in [7, 11) is 2.84. The fourth-order valence-electron chi connectivity index (χ4n) is 4.14. The largest absolute Gasteiger partial charge is 0.433 e. The fraction of sp³-hybridized carbons (Fsp3) is 0.150. The first-order valence-electron chi connectivity index (χ1n) is 9.00. The van der Waals surface area contributed by atoms with E-state index in [1.165, 1.54) is 30.8 Å². The van der Waals surface area contributed by atoms with Crippen LogP contribution in [0.25, 0.3) is 5.70 Å². The monoisotopic (exact) mass is 406 g/mol. The van der Waals surface area contributed by atoms with Crippen LogP contribution in [0.4, 0.5) is 11.7 Å². The van der Waals surface area contributed by atoms with Crippen LogP contribution < -0.4 is 16.6 Å². The molecule has 5 rings (SSSR count). The van der Waals surface area contributed by atoms with Gasteiger partial charge in [-0.3, -0.25) is 28.8 Å². The molecule has 10 nitrogen and oxygen atoms in total. The van der Waals surface area contributed by atoms with Gasteiger partial charge in [-0.15, -0.1) is 0 Å². The maximum absolute atomic E-state index is 13.3. The standard InChI is InChI=1S/C20H14N4O6/c1-22-18-15(19(26)23(2)20(22)27)13(11-7-8-12(30-11)24(28)29)14-16(21-18)9-5-3-4-6-10(9)17(14)25/h3-8,13,21H,1-2H3/t13-/m0/s1. The molecule has 0 saturated carbocycles. The fourth-order valence-corrected chi connectivity index (χ4v) is 4.14. The van der Waals surface area contributed by atoms with Crippen LogP contribution in [0.15, 0.2) is 56.0 Å². The van der Waals surface area contributed by atoms with Gasteiger partial charge in [-0.2, -0.15) is 0 Å². The molecule has 0 saturated heterocycles. The molecule has 10 heteroatoms. The number of hydrogen-bond donors (Lipinski definition) is 1. The molecule has 150 valence electrons. The van der Waals surface area contributed by atoms with E-state index in [2.05, 4.69) is 5.32 Å². The number of rotatable bonds is 2. The third-order valence-corrected chi connectivity index (χ3v) is 5.55. The van der Waals surface area contributed by atoms with Gasteiger partial charge in [-0.25, -0.2) is 4.79 Å². The molecular formula is C20H14N4O6. The molecular weight excluding hydrogens is 392 g/mol. The first kappa shape index (κ1) is 17.9. The number of nitro groups is 1. The number of carbonyl (C=O) groups excluding carboxylic acids is 1. The van der Waals surface area contributed by atoms with E-state index in [-0.39, 0.29) is 28.5 Å². The van der Waals surface area contributed by atoms with E-state index in [1.807, 2.05) is 0 Å². The van der Waals surface area contributed by atoms with E-state index in [9.17, 15) is 24.5 Å². The number of aromatic nitrogens is 2. The molecule has 2 aromatic heterocycles. The molecule has 0 bridgehead atoms. The topological polar surface area (TPSA) is 129 Å². The summed E-state index contributed by atoms with van der Waals surface area (Å²) in [5, 5.41) is 14.2. The first-order valence-corrected chi connectivity index (χ1v) is 9.00. The molecule has 0 unspecified atom stereocenters. The smallest absolute Gasteiger partial charge is 0.405 e. The summed E-state index contributed by atoms with van der Waals surface area (Å²) >= 11 is 0. The Morgan fingerprint density at radius 2 is 1.73 bits per heavy atom. The number of ketones is 1. The molecule has 0 radical (unpaired) electrons. The van der Waals surface area contributed by atoms with Crippen molar-refractivity contribution in [1.29, 1.82) is 0 Å². The minimum Gasteiger partial charge on any atom is -0.405 e. The molecule has 1 aliphatic heterocycles. The van der Waals surface area contributed by atoms with Gasteiger partial charge in [0.2, 0.25) is 0 Å². The minimum absolute atomic E-state index is 0.0776. The van der Waals surface area contributed by atoms with Gasteiger partial charge in [-0.05, 0) is 6.07 Å². The second-order valence-electron chi connectivity index (χ2n) is 7.12. The van der Waals surface area contributed by atoms with Crippen LogP contribution in [0, 0.1) is 10.1 Å². The highest BCUT2D eigenvalue weighted by atomic mass is 16.6. The molecule has 1 atom stereocenters. The van der Waals surface area contributed by atoms with Gasteiger partial charge >= 0.3 is 11.6 Å². The summed E-state index contributed by atoms with van der Waals surface area (Å²) in [5.41, 5.74) is 0.734. The zero-order chi connectivity index (χ0) is 21.3. The summed E-state index contributed by atoms with van der Waals surface area (Å²) in [6.07, 6.45) is 0. The minimum atomic E-state index is -1.00. The predicted molar refractivity (Wildman–Crippen MR) is 105 cm³/mol. The van der Waals surface area contributed by atoms with Gasteiger partial charge in [0, 0.05) is 30.8 Å². The Labute approximate surface area is 167 Å². The van der Waals surface area contributed by atoms with Crippen LogP contribution in [0.2, 0.25) is 0 Å². The zero-order valence-corrected chi connectivity index (χ0v) is 15.8. The van der Waals surface area contributed by atoms with Crippen molar-refractivity contribution in [3.05, 3.63) is 95.4 Å². The number of nitrogens with zero attached hydrogens (tertiary/aromatic N) is 3. The second-order valence-corrected chi connectivity index (χ2v) is 7.12. The van der Waals surface area contributed by atoms with Crippen LogP contribution >= 0.6 is 0 Å². The lowest BCUT2D eigenvalue weighted by Crippen LogP contribution is -2.42. The van der Waals surface area contributed by atoms with Crippen LogP contribution in [-0.4, -0.2) is 19.8 Å². The number of allylic oxidation sites excluding steroid dienone is 1. The van der Waals surface area contributed by atoms with Gasteiger partial charge in [0.25, 0.3) is 5.56 Å². The third-order valence-electron chi connectivity index (χ3n) is 5.55. The summed E-state index contributed by atoms with van der Waals surface area (Å²) in [6, 6.07) is 9.48. The van der Waals surface area contributed by atoms with E-state index in [4.69, 9.17) is 4.42 Å². The van der Waals surface area contributed by atoms with Crippen molar-refractivity contribution in [2.24, 2.45) is 14.1 Å². The Kier molecular flexibility index (Phi) is 3.51. The Morgan fingerprint density at radius 3 is 2.40 bits per heavy atom. The lowest BCUT2D eigenvalue weighted by Gasteiger charge is -2.28. The van der Waals surface area contributed by atoms with Crippen molar-refractivity contribution >= 4 is 23.2 Å². The number of benzene rings is 1. The maximum Gasteiger partial charge on any atom is 0.433 e. The molecule has 3 heterocycles. The zero-order valence-electron chi connectivity index (χ0n) is 15.8. The van der Waals surface area contributed by atoms with Crippen molar-refractivity contribution in [3.8, 4) is 0 Å². The molecule has 30 heavy (non-hydrogen) atoms. The Hall–Kier alpha value is -4.21. The quantitative estimate of drug-likeness (QED) is 0.507. The number of nitrogens with one attached hydrogen (secondary N) is 1. The van der Waals surface area contributed by atoms with Crippen molar-refractivity contribution in [2.45, 2.75) is 5.92 Å². The van der Waals surface area contributed by atoms with Crippen molar-refractivity contribution in [1.82, 2.24) is 9.13 Å². The van der Waals surface area contributed by atoms with Gasteiger partial charge in [-0.1, -0.05) is 24.3 Å². The average molecular weight is 406 g/mol. The molecule has 2 aliphatic rings. The highest BCUT2D eigenvalue weighted by Gasteiger charge is 2.44. The van der Waals surface area contributed by atoms with Gasteiger partial charge < -0.3 is 9.73 Å². The van der Waals surface area contributed by atoms with E-state index >= 15 is 0 Å². The lowest BCUT2D eigenvalue weighted by atomic mass is 9.85. The number of furan rings is 1. The highest BCUT2D eigenvalue weighted by Crippen LogP contribution is 2.48. The van der Waals surface area contributed by atoms with Crippen molar-refractivity contribution in [3.63, 3.8) is 0 Å². The number of anilines is 1. The highest BCUT2D eigenvalue weighted by molar-refractivity contribution is 6.23. The molecule has 3 aromatic rings.